The van der Waals surface area contributed by atoms with E-state index < -0.39 is 0 Å². The number of carbonyl (C=O) groups excluding carboxylic acids is 1. The summed E-state index contributed by atoms with van der Waals surface area (Å²) in [5.74, 6) is 0.569. The molecule has 114 valence electrons. The predicted octanol–water partition coefficient (Wildman–Crippen LogP) is 2.32. The summed E-state index contributed by atoms with van der Waals surface area (Å²) in [6, 6.07) is 9.99. The van der Waals surface area contributed by atoms with Gasteiger partial charge in [0, 0.05) is 6.61 Å². The molecule has 0 aromatic heterocycles. The quantitative estimate of drug-likeness (QED) is 0.928. The molecule has 3 rings (SSSR count). The molecule has 3 unspecified atom stereocenters. The van der Waals surface area contributed by atoms with E-state index in [0.29, 0.717) is 12.5 Å². The van der Waals surface area contributed by atoms with Gasteiger partial charge in [0.1, 0.15) is 6.04 Å². The van der Waals surface area contributed by atoms with Crippen LogP contribution in [0.1, 0.15) is 38.3 Å². The monoisotopic (exact) mass is 288 g/mol. The molecule has 0 radical (unpaired) electrons. The van der Waals surface area contributed by atoms with E-state index >= 15 is 0 Å². The van der Waals surface area contributed by atoms with Crippen LogP contribution in [0.2, 0.25) is 0 Å². The maximum absolute atomic E-state index is 12.9. The first kappa shape index (κ1) is 14.5. The second-order valence-electron chi connectivity index (χ2n) is 6.32. The van der Waals surface area contributed by atoms with Crippen LogP contribution < -0.4 is 5.32 Å². The number of ether oxygens (including phenoxy) is 1. The van der Waals surface area contributed by atoms with E-state index in [2.05, 4.69) is 19.2 Å². The van der Waals surface area contributed by atoms with Crippen molar-refractivity contribution in [2.75, 3.05) is 13.2 Å². The number of rotatable bonds is 3. The molecule has 0 aliphatic carbocycles. The number of hydrogen-bond donors (Lipinski definition) is 1. The average Bonchev–Trinajstić information content (AvgIpc) is 2.87. The third-order valence-electron chi connectivity index (χ3n) is 4.43. The van der Waals surface area contributed by atoms with E-state index in [9.17, 15) is 4.79 Å². The van der Waals surface area contributed by atoms with E-state index in [1.165, 1.54) is 0 Å². The van der Waals surface area contributed by atoms with Crippen LogP contribution in [0, 0.1) is 5.92 Å². The van der Waals surface area contributed by atoms with Crippen molar-refractivity contribution in [2.45, 2.75) is 44.9 Å². The van der Waals surface area contributed by atoms with Crippen LogP contribution >= 0.6 is 0 Å². The zero-order chi connectivity index (χ0) is 14.8. The number of nitrogens with zero attached hydrogens (tertiary/aromatic N) is 1. The Morgan fingerprint density at radius 1 is 1.29 bits per heavy atom. The fourth-order valence-electron chi connectivity index (χ4n) is 3.36. The number of amides is 1. The Labute approximate surface area is 126 Å². The first-order chi connectivity index (χ1) is 10.2. The van der Waals surface area contributed by atoms with Crippen LogP contribution in [0.5, 0.6) is 0 Å². The highest BCUT2D eigenvalue weighted by Crippen LogP contribution is 2.31. The van der Waals surface area contributed by atoms with Gasteiger partial charge in [0.2, 0.25) is 5.91 Å². The molecule has 0 saturated carbocycles. The minimum atomic E-state index is -0.222. The van der Waals surface area contributed by atoms with E-state index in [0.717, 1.165) is 25.0 Å². The summed E-state index contributed by atoms with van der Waals surface area (Å²) < 4.78 is 5.59. The molecule has 0 bridgehead atoms. The fourth-order valence-corrected chi connectivity index (χ4v) is 3.36. The molecule has 2 aliphatic heterocycles. The molecule has 1 aromatic carbocycles. The van der Waals surface area contributed by atoms with Crippen molar-refractivity contribution in [3.63, 3.8) is 0 Å². The lowest BCUT2D eigenvalue weighted by Gasteiger charge is -2.36. The molecule has 2 heterocycles. The van der Waals surface area contributed by atoms with Crippen LogP contribution in [0.25, 0.3) is 0 Å². The molecule has 0 spiro atoms. The predicted molar refractivity (Wildman–Crippen MR) is 81.6 cm³/mol. The summed E-state index contributed by atoms with van der Waals surface area (Å²) in [6.45, 7) is 5.81. The van der Waals surface area contributed by atoms with Crippen LogP contribution in [-0.2, 0) is 9.53 Å². The molecule has 2 fully saturated rings. The average molecular weight is 288 g/mol. The van der Waals surface area contributed by atoms with E-state index in [4.69, 9.17) is 4.74 Å². The van der Waals surface area contributed by atoms with Gasteiger partial charge in [-0.2, -0.15) is 0 Å². The molecule has 1 amide bonds. The maximum atomic E-state index is 12.9. The van der Waals surface area contributed by atoms with E-state index in [1.807, 2.05) is 35.2 Å². The van der Waals surface area contributed by atoms with Crippen LogP contribution in [0.3, 0.4) is 0 Å². The standard InChI is InChI=1S/C17H24N2O2/c1-12(2)16-18-15(13-7-4-3-5-8-13)17(20)19(16)14-9-6-10-21-11-14/h3-5,7-8,12,14-16,18H,6,9-11H2,1-2H3. The summed E-state index contributed by atoms with van der Waals surface area (Å²) in [6.07, 6.45) is 2.17. The summed E-state index contributed by atoms with van der Waals surface area (Å²) in [5.41, 5.74) is 1.05. The number of nitrogens with one attached hydrogen (secondary N) is 1. The van der Waals surface area contributed by atoms with Gasteiger partial charge in [-0.1, -0.05) is 44.2 Å². The van der Waals surface area contributed by atoms with Crippen molar-refractivity contribution in [1.29, 1.82) is 0 Å². The Bertz CT molecular complexity index is 483. The Hall–Kier alpha value is -1.39. The molecule has 3 atom stereocenters. The molecule has 4 heteroatoms. The Balaban J connectivity index is 1.85. The minimum absolute atomic E-state index is 0.0920. The van der Waals surface area contributed by atoms with Crippen molar-refractivity contribution in [3.8, 4) is 0 Å². The fraction of sp³-hybridized carbons (Fsp3) is 0.588. The second-order valence-corrected chi connectivity index (χ2v) is 6.32. The summed E-state index contributed by atoms with van der Waals surface area (Å²) in [5, 5.41) is 3.52. The number of carbonyl (C=O) groups is 1. The Morgan fingerprint density at radius 3 is 2.67 bits per heavy atom. The van der Waals surface area contributed by atoms with Gasteiger partial charge in [0.25, 0.3) is 0 Å². The van der Waals surface area contributed by atoms with Gasteiger partial charge in [-0.25, -0.2) is 0 Å². The molecule has 4 nitrogen and oxygen atoms in total. The van der Waals surface area contributed by atoms with Gasteiger partial charge in [-0.05, 0) is 24.3 Å². The summed E-state index contributed by atoms with van der Waals surface area (Å²) >= 11 is 0. The highest BCUT2D eigenvalue weighted by Gasteiger charge is 2.44. The van der Waals surface area contributed by atoms with Crippen molar-refractivity contribution >= 4 is 5.91 Å². The van der Waals surface area contributed by atoms with Gasteiger partial charge in [-0.15, -0.1) is 0 Å². The molecule has 2 aliphatic rings. The lowest BCUT2D eigenvalue weighted by Crippen LogP contribution is -2.50. The Kier molecular flexibility index (Phi) is 4.27. The first-order valence-corrected chi connectivity index (χ1v) is 7.89. The van der Waals surface area contributed by atoms with Crippen LogP contribution in [-0.4, -0.2) is 36.2 Å². The third-order valence-corrected chi connectivity index (χ3v) is 4.43. The third kappa shape index (κ3) is 2.83. The van der Waals surface area contributed by atoms with Gasteiger partial charge in [-0.3, -0.25) is 10.1 Å². The molecular formula is C17H24N2O2. The number of benzene rings is 1. The highest BCUT2D eigenvalue weighted by molar-refractivity contribution is 5.86. The molecule has 21 heavy (non-hydrogen) atoms. The lowest BCUT2D eigenvalue weighted by atomic mass is 10.0. The highest BCUT2D eigenvalue weighted by atomic mass is 16.5. The molecular weight excluding hydrogens is 264 g/mol. The topological polar surface area (TPSA) is 41.6 Å². The van der Waals surface area contributed by atoms with E-state index in [-0.39, 0.29) is 24.2 Å². The van der Waals surface area contributed by atoms with Crippen LogP contribution in [0.4, 0.5) is 0 Å². The maximum Gasteiger partial charge on any atom is 0.245 e. The molecule has 1 N–H and O–H groups in total. The smallest absolute Gasteiger partial charge is 0.245 e. The first-order valence-electron chi connectivity index (χ1n) is 7.89. The van der Waals surface area contributed by atoms with Crippen molar-refractivity contribution < 1.29 is 9.53 Å². The van der Waals surface area contributed by atoms with E-state index in [1.54, 1.807) is 0 Å². The zero-order valence-corrected chi connectivity index (χ0v) is 12.8. The summed E-state index contributed by atoms with van der Waals surface area (Å²) in [4.78, 5) is 15.0. The van der Waals surface area contributed by atoms with Gasteiger partial charge in [0.05, 0.1) is 18.8 Å². The lowest BCUT2D eigenvalue weighted by molar-refractivity contribution is -0.136. The van der Waals surface area contributed by atoms with Crippen molar-refractivity contribution in [1.82, 2.24) is 10.2 Å². The van der Waals surface area contributed by atoms with Crippen molar-refractivity contribution in [3.05, 3.63) is 35.9 Å². The zero-order valence-electron chi connectivity index (χ0n) is 12.8. The normalized spacial score (nSPS) is 30.1. The van der Waals surface area contributed by atoms with Gasteiger partial charge >= 0.3 is 0 Å². The molecule has 2 saturated heterocycles. The molecule has 1 aromatic rings. The number of hydrogen-bond acceptors (Lipinski definition) is 3. The second kappa shape index (κ2) is 6.16. The minimum Gasteiger partial charge on any atom is -0.379 e. The largest absolute Gasteiger partial charge is 0.379 e. The van der Waals surface area contributed by atoms with Gasteiger partial charge in [0.15, 0.2) is 0 Å². The SMILES string of the molecule is CC(C)C1NC(c2ccccc2)C(=O)N1C1CCCOC1. The summed E-state index contributed by atoms with van der Waals surface area (Å²) in [7, 11) is 0. The van der Waals surface area contributed by atoms with Gasteiger partial charge < -0.3 is 9.64 Å². The Morgan fingerprint density at radius 2 is 2.05 bits per heavy atom. The van der Waals surface area contributed by atoms with Crippen molar-refractivity contribution in [2.24, 2.45) is 5.92 Å². The van der Waals surface area contributed by atoms with Crippen LogP contribution in [0.15, 0.2) is 30.3 Å².